The Morgan fingerprint density at radius 2 is 1.96 bits per heavy atom. The summed E-state index contributed by atoms with van der Waals surface area (Å²) in [6.45, 7) is 8.60. The molecule has 0 aromatic heterocycles. The number of aliphatic imine (C=N–C) groups is 1. The van der Waals surface area contributed by atoms with E-state index in [1.807, 2.05) is 12.1 Å². The van der Waals surface area contributed by atoms with Crippen LogP contribution in [0.25, 0.3) is 0 Å². The molecule has 1 aromatic carbocycles. The summed E-state index contributed by atoms with van der Waals surface area (Å²) in [6.07, 6.45) is 6.51. The van der Waals surface area contributed by atoms with Gasteiger partial charge in [-0.05, 0) is 41.9 Å². The Balaban J connectivity index is 2.11. The van der Waals surface area contributed by atoms with Gasteiger partial charge < -0.3 is 20.5 Å². The van der Waals surface area contributed by atoms with Crippen LogP contribution in [0.2, 0.25) is 0 Å². The smallest absolute Gasteiger partial charge is 0.195 e. The molecule has 0 spiro atoms. The molecule has 0 atom stereocenters. The number of rotatable bonds is 6. The van der Waals surface area contributed by atoms with Gasteiger partial charge in [-0.1, -0.05) is 46.1 Å². The maximum absolute atomic E-state index is 10.3. The number of anilines is 1. The maximum Gasteiger partial charge on any atom is 0.195 e. The zero-order valence-electron chi connectivity index (χ0n) is 16.8. The molecule has 2 rings (SSSR count). The highest BCUT2D eigenvalue weighted by molar-refractivity contribution is 5.95. The Kier molecular flexibility index (Phi) is 7.76. The summed E-state index contributed by atoms with van der Waals surface area (Å²) in [6, 6.07) is 5.72. The third-order valence-corrected chi connectivity index (χ3v) is 4.95. The highest BCUT2D eigenvalue weighted by Crippen LogP contribution is 2.30. The number of nitrogens with zero attached hydrogens (tertiary/aromatic N) is 1. The van der Waals surface area contributed by atoms with Gasteiger partial charge in [0.1, 0.15) is 5.75 Å². The fourth-order valence-electron chi connectivity index (χ4n) is 3.23. The van der Waals surface area contributed by atoms with Crippen LogP contribution in [0.5, 0.6) is 5.75 Å². The number of phenols is 1. The van der Waals surface area contributed by atoms with Crippen molar-refractivity contribution in [3.8, 4) is 5.75 Å². The van der Waals surface area contributed by atoms with E-state index in [1.54, 1.807) is 13.2 Å². The molecule has 0 radical (unpaired) electrons. The van der Waals surface area contributed by atoms with E-state index in [-0.39, 0.29) is 11.2 Å². The van der Waals surface area contributed by atoms with E-state index in [0.717, 1.165) is 6.54 Å². The van der Waals surface area contributed by atoms with Crippen molar-refractivity contribution in [2.45, 2.75) is 58.3 Å². The van der Waals surface area contributed by atoms with E-state index in [0.29, 0.717) is 30.7 Å². The molecule has 0 amide bonds. The largest absolute Gasteiger partial charge is 0.506 e. The quantitative estimate of drug-likeness (QED) is 0.306. The molecule has 146 valence electrons. The molecule has 1 aromatic rings. The predicted molar refractivity (Wildman–Crippen MR) is 109 cm³/mol. The number of guanidine groups is 1. The van der Waals surface area contributed by atoms with Crippen LogP contribution < -0.4 is 10.6 Å². The zero-order valence-corrected chi connectivity index (χ0v) is 16.8. The Hall–Kier alpha value is -1.75. The van der Waals surface area contributed by atoms with Crippen molar-refractivity contribution in [2.75, 3.05) is 32.1 Å². The van der Waals surface area contributed by atoms with Crippen LogP contribution in [0, 0.1) is 5.92 Å². The average molecular weight is 362 g/mol. The van der Waals surface area contributed by atoms with E-state index in [2.05, 4.69) is 31.4 Å². The second-order valence-electron chi connectivity index (χ2n) is 8.22. The average Bonchev–Trinajstić information content (AvgIpc) is 2.61. The van der Waals surface area contributed by atoms with Gasteiger partial charge in [0, 0.05) is 20.2 Å². The lowest BCUT2D eigenvalue weighted by molar-refractivity contribution is 0.204. The van der Waals surface area contributed by atoms with Crippen molar-refractivity contribution in [2.24, 2.45) is 10.9 Å². The van der Waals surface area contributed by atoms with Gasteiger partial charge in [-0.25, -0.2) is 0 Å². The van der Waals surface area contributed by atoms with E-state index in [1.165, 1.54) is 37.7 Å². The molecule has 26 heavy (non-hydrogen) atoms. The van der Waals surface area contributed by atoms with Crippen LogP contribution >= 0.6 is 0 Å². The van der Waals surface area contributed by atoms with E-state index < -0.39 is 0 Å². The minimum Gasteiger partial charge on any atom is -0.506 e. The Bertz CT molecular complexity index is 587. The van der Waals surface area contributed by atoms with Crippen LogP contribution in [-0.4, -0.2) is 37.9 Å². The van der Waals surface area contributed by atoms with Gasteiger partial charge in [0.05, 0.1) is 12.3 Å². The van der Waals surface area contributed by atoms with Gasteiger partial charge in [0.15, 0.2) is 5.96 Å². The minimum absolute atomic E-state index is 0.0208. The normalized spacial score (nSPS) is 16.5. The zero-order chi connectivity index (χ0) is 19.0. The summed E-state index contributed by atoms with van der Waals surface area (Å²) in [5, 5.41) is 16.9. The first kappa shape index (κ1) is 20.6. The lowest BCUT2D eigenvalue weighted by atomic mass is 9.87. The molecular weight excluding hydrogens is 326 g/mol. The molecule has 1 fully saturated rings. The molecule has 0 bridgehead atoms. The summed E-state index contributed by atoms with van der Waals surface area (Å²) >= 11 is 0. The summed E-state index contributed by atoms with van der Waals surface area (Å²) in [4.78, 5) is 4.78. The lowest BCUT2D eigenvalue weighted by Gasteiger charge is -2.22. The molecule has 0 heterocycles. The molecule has 0 aliphatic heterocycles. The number of nitrogens with one attached hydrogen (secondary N) is 2. The number of aromatic hydroxyl groups is 1. The molecule has 5 nitrogen and oxygen atoms in total. The highest BCUT2D eigenvalue weighted by atomic mass is 16.5. The first-order chi connectivity index (χ1) is 12.4. The third kappa shape index (κ3) is 6.52. The second kappa shape index (κ2) is 9.81. The third-order valence-electron chi connectivity index (χ3n) is 4.95. The van der Waals surface area contributed by atoms with Crippen molar-refractivity contribution in [1.82, 2.24) is 5.32 Å². The number of ether oxygens (including phenoxy) is 1. The Labute approximate surface area is 158 Å². The van der Waals surface area contributed by atoms with Crippen molar-refractivity contribution in [1.29, 1.82) is 0 Å². The van der Waals surface area contributed by atoms with Gasteiger partial charge >= 0.3 is 0 Å². The predicted octanol–water partition coefficient (Wildman–Crippen LogP) is 4.27. The van der Waals surface area contributed by atoms with Crippen LogP contribution in [-0.2, 0) is 10.2 Å². The van der Waals surface area contributed by atoms with Crippen molar-refractivity contribution in [3.63, 3.8) is 0 Å². The first-order valence-electron chi connectivity index (χ1n) is 9.78. The Morgan fingerprint density at radius 3 is 2.62 bits per heavy atom. The second-order valence-corrected chi connectivity index (χ2v) is 8.22. The van der Waals surface area contributed by atoms with Gasteiger partial charge in [-0.2, -0.15) is 0 Å². The number of benzene rings is 1. The fraction of sp³-hybridized carbons (Fsp3) is 0.667. The highest BCUT2D eigenvalue weighted by Gasteiger charge is 2.17. The topological polar surface area (TPSA) is 65.9 Å². The summed E-state index contributed by atoms with van der Waals surface area (Å²) in [5.74, 6) is 1.60. The molecule has 5 heteroatoms. The molecule has 1 aliphatic carbocycles. The first-order valence-corrected chi connectivity index (χ1v) is 9.78. The van der Waals surface area contributed by atoms with Crippen molar-refractivity contribution >= 4 is 11.6 Å². The summed E-state index contributed by atoms with van der Waals surface area (Å²) in [5.41, 5.74) is 1.87. The van der Waals surface area contributed by atoms with Gasteiger partial charge in [0.2, 0.25) is 0 Å². The SMILES string of the molecule is COCCNC(=NCC1CCCCC1)Nc1cc(C(C)(C)C)ccc1O. The lowest BCUT2D eigenvalue weighted by Crippen LogP contribution is -2.34. The Morgan fingerprint density at radius 1 is 1.23 bits per heavy atom. The molecular formula is C21H35N3O2. The number of hydrogen-bond donors (Lipinski definition) is 3. The summed E-state index contributed by atoms with van der Waals surface area (Å²) < 4.78 is 5.13. The van der Waals surface area contributed by atoms with Crippen LogP contribution in [0.4, 0.5) is 5.69 Å². The molecule has 3 N–H and O–H groups in total. The van der Waals surface area contributed by atoms with E-state index in [4.69, 9.17) is 9.73 Å². The van der Waals surface area contributed by atoms with E-state index >= 15 is 0 Å². The van der Waals surface area contributed by atoms with Gasteiger partial charge in [-0.15, -0.1) is 0 Å². The van der Waals surface area contributed by atoms with Gasteiger partial charge in [-0.3, -0.25) is 4.99 Å². The molecule has 1 aliphatic rings. The van der Waals surface area contributed by atoms with Gasteiger partial charge in [0.25, 0.3) is 0 Å². The van der Waals surface area contributed by atoms with Crippen LogP contribution in [0.3, 0.4) is 0 Å². The maximum atomic E-state index is 10.3. The van der Waals surface area contributed by atoms with Crippen LogP contribution in [0.15, 0.2) is 23.2 Å². The van der Waals surface area contributed by atoms with Crippen LogP contribution in [0.1, 0.15) is 58.4 Å². The standard InChI is InChI=1S/C21H35N3O2/c1-21(2,3)17-10-11-19(25)18(14-17)24-20(22-12-13-26-4)23-15-16-8-6-5-7-9-16/h10-11,14,16,25H,5-9,12-13,15H2,1-4H3,(H2,22,23,24). The van der Waals surface area contributed by atoms with Crippen molar-refractivity contribution in [3.05, 3.63) is 23.8 Å². The number of phenolic OH excluding ortho intramolecular Hbond substituents is 1. The molecule has 0 unspecified atom stereocenters. The minimum atomic E-state index is 0.0208. The van der Waals surface area contributed by atoms with Crippen molar-refractivity contribution < 1.29 is 9.84 Å². The molecule has 1 saturated carbocycles. The monoisotopic (exact) mass is 361 g/mol. The molecule has 0 saturated heterocycles. The van der Waals surface area contributed by atoms with E-state index in [9.17, 15) is 5.11 Å². The number of hydrogen-bond acceptors (Lipinski definition) is 3. The fourth-order valence-corrected chi connectivity index (χ4v) is 3.23. The summed E-state index contributed by atoms with van der Waals surface area (Å²) in [7, 11) is 1.69. The number of methoxy groups -OCH3 is 1.